The summed E-state index contributed by atoms with van der Waals surface area (Å²) in [5.74, 6) is 1.39. The molecule has 0 aliphatic carbocycles. The van der Waals surface area contributed by atoms with Crippen LogP contribution in [0.15, 0.2) is 6.20 Å². The monoisotopic (exact) mass is 281 g/mol. The van der Waals surface area contributed by atoms with E-state index in [1.165, 1.54) is 5.69 Å². The first-order valence-electron chi connectivity index (χ1n) is 7.72. The first kappa shape index (κ1) is 15.3. The number of aryl methyl sites for hydroxylation is 1. The predicted molar refractivity (Wildman–Crippen MR) is 79.0 cm³/mol. The average molecular weight is 281 g/mol. The molecule has 2 atom stereocenters. The van der Waals surface area contributed by atoms with Crippen molar-refractivity contribution in [2.45, 2.75) is 45.7 Å². The fourth-order valence-electron chi connectivity index (χ4n) is 2.84. The number of nitrogens with one attached hydrogen (secondary N) is 1. The summed E-state index contributed by atoms with van der Waals surface area (Å²) in [4.78, 5) is 0. The van der Waals surface area contributed by atoms with E-state index in [1.54, 1.807) is 7.11 Å². The van der Waals surface area contributed by atoms with Crippen LogP contribution in [-0.4, -0.2) is 36.6 Å². The van der Waals surface area contributed by atoms with Gasteiger partial charge >= 0.3 is 0 Å². The predicted octanol–water partition coefficient (Wildman–Crippen LogP) is 2.38. The molecule has 20 heavy (non-hydrogen) atoms. The molecule has 0 saturated carbocycles. The van der Waals surface area contributed by atoms with E-state index in [-0.39, 0.29) is 6.04 Å². The molecule has 2 rings (SSSR count). The summed E-state index contributed by atoms with van der Waals surface area (Å²) in [6.45, 7) is 7.97. The van der Waals surface area contributed by atoms with E-state index in [9.17, 15) is 0 Å². The van der Waals surface area contributed by atoms with E-state index in [0.29, 0.717) is 5.92 Å². The van der Waals surface area contributed by atoms with Crippen LogP contribution in [0, 0.1) is 5.92 Å². The van der Waals surface area contributed by atoms with Gasteiger partial charge in [0.05, 0.1) is 31.6 Å². The zero-order valence-corrected chi connectivity index (χ0v) is 12.9. The molecule has 0 bridgehead atoms. The summed E-state index contributed by atoms with van der Waals surface area (Å²) in [7, 11) is 1.72. The molecule has 2 unspecified atom stereocenters. The maximum absolute atomic E-state index is 5.58. The van der Waals surface area contributed by atoms with Gasteiger partial charge in [0.1, 0.15) is 0 Å². The van der Waals surface area contributed by atoms with Crippen LogP contribution < -0.4 is 10.1 Å². The zero-order chi connectivity index (χ0) is 14.4. The molecular formula is C15H27N3O2. The number of nitrogens with zero attached hydrogens (tertiary/aromatic N) is 2. The molecule has 114 valence electrons. The van der Waals surface area contributed by atoms with E-state index in [1.807, 2.05) is 6.20 Å². The van der Waals surface area contributed by atoms with Crippen molar-refractivity contribution in [1.82, 2.24) is 15.1 Å². The Kier molecular flexibility index (Phi) is 5.86. The van der Waals surface area contributed by atoms with Gasteiger partial charge in [0.15, 0.2) is 5.75 Å². The van der Waals surface area contributed by atoms with Gasteiger partial charge in [-0.1, -0.05) is 13.8 Å². The fourth-order valence-corrected chi connectivity index (χ4v) is 2.84. The molecule has 0 aromatic carbocycles. The molecule has 2 heterocycles. The number of aromatic nitrogens is 2. The van der Waals surface area contributed by atoms with Crippen LogP contribution in [0.25, 0.3) is 0 Å². The van der Waals surface area contributed by atoms with Gasteiger partial charge in [0.25, 0.3) is 0 Å². The highest BCUT2D eigenvalue weighted by Crippen LogP contribution is 2.34. The van der Waals surface area contributed by atoms with Gasteiger partial charge in [-0.15, -0.1) is 0 Å². The first-order chi connectivity index (χ1) is 9.81. The summed E-state index contributed by atoms with van der Waals surface area (Å²) in [6.07, 6.45) is 5.12. The smallest absolute Gasteiger partial charge is 0.161 e. The number of ether oxygens (including phenoxy) is 2. The van der Waals surface area contributed by atoms with Crippen LogP contribution in [-0.2, 0) is 11.3 Å². The molecule has 0 radical (unpaired) electrons. The first-order valence-corrected chi connectivity index (χ1v) is 7.72. The average Bonchev–Trinajstić information content (AvgIpc) is 3.10. The molecule has 5 heteroatoms. The Morgan fingerprint density at radius 2 is 2.35 bits per heavy atom. The van der Waals surface area contributed by atoms with Gasteiger partial charge in [0.2, 0.25) is 0 Å². The minimum atomic E-state index is 0.265. The van der Waals surface area contributed by atoms with Crippen molar-refractivity contribution < 1.29 is 9.47 Å². The SMILES string of the molecule is CCCNC(c1c(OC)cnn1CCC)C1CCOC1. The molecule has 1 aliphatic heterocycles. The van der Waals surface area contributed by atoms with Crippen LogP contribution in [0.4, 0.5) is 0 Å². The summed E-state index contributed by atoms with van der Waals surface area (Å²) in [6, 6.07) is 0.265. The maximum atomic E-state index is 5.58. The lowest BCUT2D eigenvalue weighted by molar-refractivity contribution is 0.174. The Morgan fingerprint density at radius 1 is 1.50 bits per heavy atom. The highest BCUT2D eigenvalue weighted by atomic mass is 16.5. The van der Waals surface area contributed by atoms with Crippen LogP contribution in [0.5, 0.6) is 5.75 Å². The summed E-state index contributed by atoms with van der Waals surface area (Å²) < 4.78 is 13.2. The number of hydrogen-bond donors (Lipinski definition) is 1. The van der Waals surface area contributed by atoms with Crippen molar-refractivity contribution in [1.29, 1.82) is 0 Å². The van der Waals surface area contributed by atoms with Gasteiger partial charge in [-0.3, -0.25) is 4.68 Å². The molecular weight excluding hydrogens is 254 g/mol. The van der Waals surface area contributed by atoms with Crippen molar-refractivity contribution in [3.05, 3.63) is 11.9 Å². The summed E-state index contributed by atoms with van der Waals surface area (Å²) >= 11 is 0. The topological polar surface area (TPSA) is 48.3 Å². The Labute approximate surface area is 121 Å². The third-order valence-electron chi connectivity index (χ3n) is 3.85. The van der Waals surface area contributed by atoms with Crippen molar-refractivity contribution >= 4 is 0 Å². The molecule has 1 N–H and O–H groups in total. The largest absolute Gasteiger partial charge is 0.493 e. The summed E-state index contributed by atoms with van der Waals surface area (Å²) in [5, 5.41) is 8.15. The van der Waals surface area contributed by atoms with Gasteiger partial charge < -0.3 is 14.8 Å². The third-order valence-corrected chi connectivity index (χ3v) is 3.85. The lowest BCUT2D eigenvalue weighted by Crippen LogP contribution is -2.31. The highest BCUT2D eigenvalue weighted by Gasteiger charge is 2.31. The molecule has 0 amide bonds. The van der Waals surface area contributed by atoms with Crippen LogP contribution in [0.1, 0.15) is 44.8 Å². The van der Waals surface area contributed by atoms with Crippen molar-refractivity contribution in [2.24, 2.45) is 5.92 Å². The van der Waals surface area contributed by atoms with Crippen molar-refractivity contribution in [3.8, 4) is 5.75 Å². The number of hydrogen-bond acceptors (Lipinski definition) is 4. The van der Waals surface area contributed by atoms with Gasteiger partial charge in [-0.05, 0) is 25.8 Å². The maximum Gasteiger partial charge on any atom is 0.161 e. The minimum Gasteiger partial charge on any atom is -0.493 e. The van der Waals surface area contributed by atoms with Crippen LogP contribution >= 0.6 is 0 Å². The van der Waals surface area contributed by atoms with E-state index in [2.05, 4.69) is 28.9 Å². The van der Waals surface area contributed by atoms with E-state index in [4.69, 9.17) is 9.47 Å². The lowest BCUT2D eigenvalue weighted by Gasteiger charge is -2.25. The van der Waals surface area contributed by atoms with Gasteiger partial charge in [-0.2, -0.15) is 5.10 Å². The fraction of sp³-hybridized carbons (Fsp3) is 0.800. The van der Waals surface area contributed by atoms with E-state index < -0.39 is 0 Å². The Balaban J connectivity index is 2.27. The molecule has 1 aromatic heterocycles. The zero-order valence-electron chi connectivity index (χ0n) is 12.9. The second kappa shape index (κ2) is 7.64. The second-order valence-corrected chi connectivity index (χ2v) is 5.38. The normalized spacial score (nSPS) is 20.2. The van der Waals surface area contributed by atoms with Gasteiger partial charge in [0, 0.05) is 19.1 Å². The third kappa shape index (κ3) is 3.33. The lowest BCUT2D eigenvalue weighted by atomic mass is 9.95. The highest BCUT2D eigenvalue weighted by molar-refractivity contribution is 5.29. The van der Waals surface area contributed by atoms with E-state index in [0.717, 1.165) is 51.3 Å². The molecule has 1 fully saturated rings. The molecule has 1 saturated heterocycles. The number of methoxy groups -OCH3 is 1. The molecule has 1 aliphatic rings. The standard InChI is InChI=1S/C15H27N3O2/c1-4-7-16-14(12-6-9-20-11-12)15-13(19-3)10-17-18(15)8-5-2/h10,12,14,16H,4-9,11H2,1-3H3. The Bertz CT molecular complexity index is 400. The van der Waals surface area contributed by atoms with Crippen LogP contribution in [0.3, 0.4) is 0 Å². The quantitative estimate of drug-likeness (QED) is 0.795. The number of rotatable bonds is 8. The molecule has 0 spiro atoms. The van der Waals surface area contributed by atoms with Crippen LogP contribution in [0.2, 0.25) is 0 Å². The van der Waals surface area contributed by atoms with Gasteiger partial charge in [-0.25, -0.2) is 0 Å². The summed E-state index contributed by atoms with van der Waals surface area (Å²) in [5.41, 5.74) is 1.18. The Morgan fingerprint density at radius 3 is 2.95 bits per heavy atom. The molecule has 1 aromatic rings. The van der Waals surface area contributed by atoms with Crippen molar-refractivity contribution in [2.75, 3.05) is 26.9 Å². The van der Waals surface area contributed by atoms with Crippen molar-refractivity contribution in [3.63, 3.8) is 0 Å². The second-order valence-electron chi connectivity index (χ2n) is 5.38. The van der Waals surface area contributed by atoms with E-state index >= 15 is 0 Å². The Hall–Kier alpha value is -1.07. The minimum absolute atomic E-state index is 0.265. The molecule has 5 nitrogen and oxygen atoms in total.